The number of aliphatic imine (C=N–C) groups is 1. The SMILES string of the molecule is CCNC(=NCc1ccnc(N2CCOC(C)C2)c1)NCCCOCc1ccco1.I. The molecule has 0 amide bonds. The lowest BCUT2D eigenvalue weighted by Gasteiger charge is -2.32. The minimum atomic E-state index is 0. The van der Waals surface area contributed by atoms with Crippen molar-refractivity contribution < 1.29 is 13.9 Å². The van der Waals surface area contributed by atoms with Crippen molar-refractivity contribution in [3.63, 3.8) is 0 Å². The quantitative estimate of drug-likeness (QED) is 0.206. The zero-order valence-electron chi connectivity index (χ0n) is 18.4. The Balaban J connectivity index is 0.00000341. The van der Waals surface area contributed by atoms with Gasteiger partial charge in [-0.25, -0.2) is 9.98 Å². The molecule has 2 aromatic rings. The number of anilines is 1. The summed E-state index contributed by atoms with van der Waals surface area (Å²) in [6.45, 7) is 10.0. The van der Waals surface area contributed by atoms with E-state index in [2.05, 4.69) is 40.4 Å². The first kappa shape index (κ1) is 25.4. The van der Waals surface area contributed by atoms with Crippen LogP contribution in [0.3, 0.4) is 0 Å². The van der Waals surface area contributed by atoms with Gasteiger partial charge in [0, 0.05) is 39.0 Å². The van der Waals surface area contributed by atoms with E-state index in [1.165, 1.54) is 0 Å². The van der Waals surface area contributed by atoms with E-state index in [4.69, 9.17) is 18.9 Å². The Morgan fingerprint density at radius 2 is 2.26 bits per heavy atom. The van der Waals surface area contributed by atoms with Gasteiger partial charge in [-0.3, -0.25) is 0 Å². The number of hydrogen-bond acceptors (Lipinski definition) is 6. The zero-order chi connectivity index (χ0) is 21.0. The van der Waals surface area contributed by atoms with Crippen LogP contribution in [0.25, 0.3) is 0 Å². The van der Waals surface area contributed by atoms with Gasteiger partial charge in [0.2, 0.25) is 0 Å². The molecule has 0 bridgehead atoms. The lowest BCUT2D eigenvalue weighted by molar-refractivity contribution is 0.0529. The van der Waals surface area contributed by atoms with Gasteiger partial charge in [0.25, 0.3) is 0 Å². The van der Waals surface area contributed by atoms with Crippen molar-refractivity contribution in [2.75, 3.05) is 44.3 Å². The van der Waals surface area contributed by atoms with Gasteiger partial charge in [-0.1, -0.05) is 0 Å². The van der Waals surface area contributed by atoms with Crippen LogP contribution in [0.15, 0.2) is 46.1 Å². The number of furan rings is 1. The highest BCUT2D eigenvalue weighted by atomic mass is 127. The van der Waals surface area contributed by atoms with Crippen molar-refractivity contribution in [2.24, 2.45) is 4.99 Å². The predicted molar refractivity (Wildman–Crippen MR) is 133 cm³/mol. The maximum absolute atomic E-state index is 5.62. The Hall–Kier alpha value is -1.85. The molecule has 1 atom stereocenters. The molecule has 0 saturated carbocycles. The van der Waals surface area contributed by atoms with Crippen LogP contribution in [0.4, 0.5) is 5.82 Å². The number of guanidine groups is 1. The Morgan fingerprint density at radius 3 is 3.03 bits per heavy atom. The second-order valence-electron chi connectivity index (χ2n) is 7.26. The summed E-state index contributed by atoms with van der Waals surface area (Å²) in [4.78, 5) is 11.5. The number of hydrogen-bond donors (Lipinski definition) is 2. The summed E-state index contributed by atoms with van der Waals surface area (Å²) >= 11 is 0. The largest absolute Gasteiger partial charge is 0.467 e. The van der Waals surface area contributed by atoms with Gasteiger partial charge in [-0.05, 0) is 50.1 Å². The highest BCUT2D eigenvalue weighted by Crippen LogP contribution is 2.16. The summed E-state index contributed by atoms with van der Waals surface area (Å²) in [6, 6.07) is 7.92. The van der Waals surface area contributed by atoms with Gasteiger partial charge in [-0.2, -0.15) is 0 Å². The highest BCUT2D eigenvalue weighted by molar-refractivity contribution is 14.0. The van der Waals surface area contributed by atoms with Gasteiger partial charge < -0.3 is 29.4 Å². The standard InChI is InChI=1S/C22H33N5O3.HI/c1-3-23-22(25-8-5-11-28-17-20-6-4-12-30-20)26-15-19-7-9-24-21(14-19)27-10-13-29-18(2)16-27;/h4,6-7,9,12,14,18H,3,5,8,10-11,13,15-17H2,1-2H3,(H2,23,25,26);1H. The van der Waals surface area contributed by atoms with Crippen molar-refractivity contribution in [3.8, 4) is 0 Å². The fraction of sp³-hybridized carbons (Fsp3) is 0.545. The van der Waals surface area contributed by atoms with Crippen molar-refractivity contribution in [2.45, 2.75) is 39.5 Å². The molecule has 3 heterocycles. The molecule has 0 aliphatic carbocycles. The molecule has 0 spiro atoms. The smallest absolute Gasteiger partial charge is 0.191 e. The first-order valence-electron chi connectivity index (χ1n) is 10.7. The molecule has 1 saturated heterocycles. The van der Waals surface area contributed by atoms with E-state index < -0.39 is 0 Å². The normalized spacial score (nSPS) is 16.6. The first-order chi connectivity index (χ1) is 14.7. The topological polar surface area (TPSA) is 84.2 Å². The number of pyridine rings is 1. The van der Waals surface area contributed by atoms with E-state index in [0.29, 0.717) is 19.8 Å². The molecule has 172 valence electrons. The molecule has 3 rings (SSSR count). The van der Waals surface area contributed by atoms with E-state index >= 15 is 0 Å². The third-order valence-electron chi connectivity index (χ3n) is 4.72. The van der Waals surface area contributed by atoms with Crippen LogP contribution in [0.2, 0.25) is 0 Å². The number of nitrogens with zero attached hydrogens (tertiary/aromatic N) is 3. The third-order valence-corrected chi connectivity index (χ3v) is 4.72. The minimum absolute atomic E-state index is 0. The van der Waals surface area contributed by atoms with Gasteiger partial charge in [0.15, 0.2) is 5.96 Å². The Bertz CT molecular complexity index is 772. The predicted octanol–water partition coefficient (Wildman–Crippen LogP) is 3.18. The van der Waals surface area contributed by atoms with Crippen LogP contribution in [0.5, 0.6) is 0 Å². The van der Waals surface area contributed by atoms with Crippen LogP contribution in [0, 0.1) is 0 Å². The zero-order valence-corrected chi connectivity index (χ0v) is 20.7. The van der Waals surface area contributed by atoms with Gasteiger partial charge in [0.05, 0.1) is 25.5 Å². The lowest BCUT2D eigenvalue weighted by Crippen LogP contribution is -2.41. The molecule has 1 aliphatic rings. The van der Waals surface area contributed by atoms with E-state index in [0.717, 1.165) is 62.3 Å². The van der Waals surface area contributed by atoms with Crippen molar-refractivity contribution in [1.82, 2.24) is 15.6 Å². The van der Waals surface area contributed by atoms with Crippen molar-refractivity contribution in [3.05, 3.63) is 48.0 Å². The van der Waals surface area contributed by atoms with Crippen molar-refractivity contribution in [1.29, 1.82) is 0 Å². The van der Waals surface area contributed by atoms with Crippen LogP contribution in [-0.4, -0.2) is 56.4 Å². The fourth-order valence-electron chi connectivity index (χ4n) is 3.22. The minimum Gasteiger partial charge on any atom is -0.467 e. The van der Waals surface area contributed by atoms with Gasteiger partial charge in [0.1, 0.15) is 18.2 Å². The molecule has 1 fully saturated rings. The number of halogens is 1. The summed E-state index contributed by atoms with van der Waals surface area (Å²) in [6.07, 6.45) is 4.64. The maximum atomic E-state index is 5.62. The van der Waals surface area contributed by atoms with E-state index in [1.807, 2.05) is 24.4 Å². The van der Waals surface area contributed by atoms with Crippen LogP contribution >= 0.6 is 24.0 Å². The molecule has 1 aliphatic heterocycles. The number of morpholine rings is 1. The summed E-state index contributed by atoms with van der Waals surface area (Å²) in [7, 11) is 0. The molecule has 31 heavy (non-hydrogen) atoms. The maximum Gasteiger partial charge on any atom is 0.191 e. The molecule has 0 radical (unpaired) electrons. The summed E-state index contributed by atoms with van der Waals surface area (Å²) in [5.74, 6) is 2.65. The summed E-state index contributed by atoms with van der Waals surface area (Å²) in [5.41, 5.74) is 1.14. The average Bonchev–Trinajstić information content (AvgIpc) is 3.28. The average molecular weight is 543 g/mol. The number of aromatic nitrogens is 1. The van der Waals surface area contributed by atoms with Crippen LogP contribution in [-0.2, 0) is 22.6 Å². The third kappa shape index (κ3) is 9.04. The Labute approximate surface area is 201 Å². The molecule has 9 heteroatoms. The van der Waals surface area contributed by atoms with E-state index in [9.17, 15) is 0 Å². The number of ether oxygens (including phenoxy) is 2. The summed E-state index contributed by atoms with van der Waals surface area (Å²) < 4.78 is 16.5. The monoisotopic (exact) mass is 543 g/mol. The first-order valence-corrected chi connectivity index (χ1v) is 10.7. The molecule has 0 aromatic carbocycles. The molecule has 1 unspecified atom stereocenters. The Kier molecular flexibility index (Phi) is 11.7. The molecule has 8 nitrogen and oxygen atoms in total. The van der Waals surface area contributed by atoms with E-state index in [1.54, 1.807) is 6.26 Å². The lowest BCUT2D eigenvalue weighted by atomic mass is 10.2. The van der Waals surface area contributed by atoms with Gasteiger partial charge >= 0.3 is 0 Å². The van der Waals surface area contributed by atoms with Crippen LogP contribution in [0.1, 0.15) is 31.6 Å². The molecule has 2 N–H and O–H groups in total. The molecule has 2 aromatic heterocycles. The second kappa shape index (κ2) is 14.3. The van der Waals surface area contributed by atoms with E-state index in [-0.39, 0.29) is 30.1 Å². The summed E-state index contributed by atoms with van der Waals surface area (Å²) in [5, 5.41) is 6.65. The Morgan fingerprint density at radius 1 is 1.35 bits per heavy atom. The molecular weight excluding hydrogens is 509 g/mol. The second-order valence-corrected chi connectivity index (χ2v) is 7.26. The van der Waals surface area contributed by atoms with Crippen LogP contribution < -0.4 is 15.5 Å². The number of rotatable bonds is 10. The van der Waals surface area contributed by atoms with Crippen molar-refractivity contribution >= 4 is 35.8 Å². The fourth-order valence-corrected chi connectivity index (χ4v) is 3.22. The highest BCUT2D eigenvalue weighted by Gasteiger charge is 2.17. The number of nitrogens with one attached hydrogen (secondary N) is 2. The van der Waals surface area contributed by atoms with Gasteiger partial charge in [-0.15, -0.1) is 24.0 Å². The molecular formula is C22H34IN5O3.